The SMILES string of the molecule is CCOC(=O)[C@@H]1CCCN(S(=O)(=O)c2cnn(CC)c2C)C1. The molecule has 0 spiro atoms. The Morgan fingerprint density at radius 1 is 1.45 bits per heavy atom. The summed E-state index contributed by atoms with van der Waals surface area (Å²) in [6, 6.07) is 0. The molecule has 0 aliphatic carbocycles. The van der Waals surface area contributed by atoms with E-state index in [0.29, 0.717) is 38.2 Å². The molecule has 1 fully saturated rings. The fraction of sp³-hybridized carbons (Fsp3) is 0.714. The monoisotopic (exact) mass is 329 g/mol. The Balaban J connectivity index is 2.21. The summed E-state index contributed by atoms with van der Waals surface area (Å²) in [5, 5.41) is 4.10. The Hall–Kier alpha value is -1.41. The highest BCUT2D eigenvalue weighted by molar-refractivity contribution is 7.89. The topological polar surface area (TPSA) is 81.5 Å². The second kappa shape index (κ2) is 6.78. The number of hydrogen-bond donors (Lipinski definition) is 0. The van der Waals surface area contributed by atoms with Crippen molar-refractivity contribution in [1.29, 1.82) is 0 Å². The molecular formula is C14H23N3O4S. The zero-order valence-corrected chi connectivity index (χ0v) is 14.1. The Morgan fingerprint density at radius 3 is 2.77 bits per heavy atom. The second-order valence-electron chi connectivity index (χ2n) is 5.36. The number of ether oxygens (including phenoxy) is 1. The van der Waals surface area contributed by atoms with E-state index in [9.17, 15) is 13.2 Å². The molecule has 1 aromatic heterocycles. The van der Waals surface area contributed by atoms with Crippen LogP contribution in [0.5, 0.6) is 0 Å². The quantitative estimate of drug-likeness (QED) is 0.758. The summed E-state index contributed by atoms with van der Waals surface area (Å²) < 4.78 is 33.6. The van der Waals surface area contributed by atoms with Crippen LogP contribution in [0.3, 0.4) is 0 Å². The van der Waals surface area contributed by atoms with Crippen LogP contribution in [0.1, 0.15) is 32.4 Å². The van der Waals surface area contributed by atoms with E-state index in [2.05, 4.69) is 5.10 Å². The highest BCUT2D eigenvalue weighted by Crippen LogP contribution is 2.26. The van der Waals surface area contributed by atoms with Crippen molar-refractivity contribution in [3.05, 3.63) is 11.9 Å². The average Bonchev–Trinajstić information content (AvgIpc) is 2.89. The summed E-state index contributed by atoms with van der Waals surface area (Å²) in [6.07, 6.45) is 2.71. The first-order valence-corrected chi connectivity index (χ1v) is 9.05. The third-order valence-corrected chi connectivity index (χ3v) is 5.95. The van der Waals surface area contributed by atoms with E-state index in [4.69, 9.17) is 4.74 Å². The zero-order valence-electron chi connectivity index (χ0n) is 13.3. The Bertz CT molecular complexity index is 639. The highest BCUT2D eigenvalue weighted by Gasteiger charge is 2.35. The third-order valence-electron chi connectivity index (χ3n) is 3.98. The summed E-state index contributed by atoms with van der Waals surface area (Å²) in [7, 11) is -3.62. The molecule has 0 N–H and O–H groups in total. The number of hydrogen-bond acceptors (Lipinski definition) is 5. The van der Waals surface area contributed by atoms with Crippen LogP contribution >= 0.6 is 0 Å². The van der Waals surface area contributed by atoms with Crippen LogP contribution in [0.2, 0.25) is 0 Å². The van der Waals surface area contributed by atoms with Crippen molar-refractivity contribution < 1.29 is 17.9 Å². The van der Waals surface area contributed by atoms with Crippen molar-refractivity contribution in [2.24, 2.45) is 5.92 Å². The lowest BCUT2D eigenvalue weighted by molar-refractivity contribution is -0.149. The summed E-state index contributed by atoms with van der Waals surface area (Å²) >= 11 is 0. The first-order valence-electron chi connectivity index (χ1n) is 7.61. The molecule has 1 aromatic rings. The molecule has 0 bridgehead atoms. The largest absolute Gasteiger partial charge is 0.466 e. The molecule has 2 rings (SSSR count). The van der Waals surface area contributed by atoms with Crippen LogP contribution in [0.4, 0.5) is 0 Å². The molecule has 22 heavy (non-hydrogen) atoms. The van der Waals surface area contributed by atoms with Crippen molar-refractivity contribution in [2.75, 3.05) is 19.7 Å². The number of carbonyl (C=O) groups is 1. The summed E-state index contributed by atoms with van der Waals surface area (Å²) in [6.45, 7) is 6.94. The van der Waals surface area contributed by atoms with Crippen molar-refractivity contribution >= 4 is 16.0 Å². The van der Waals surface area contributed by atoms with Gasteiger partial charge in [0.1, 0.15) is 4.90 Å². The molecule has 0 unspecified atom stereocenters. The molecule has 0 radical (unpaired) electrons. The second-order valence-corrected chi connectivity index (χ2v) is 7.27. The molecule has 1 aliphatic heterocycles. The van der Waals surface area contributed by atoms with E-state index in [1.165, 1.54) is 10.5 Å². The molecule has 124 valence electrons. The number of rotatable bonds is 5. The molecular weight excluding hydrogens is 306 g/mol. The Kier molecular flexibility index (Phi) is 5.23. The van der Waals surface area contributed by atoms with E-state index in [-0.39, 0.29) is 23.3 Å². The lowest BCUT2D eigenvalue weighted by Crippen LogP contribution is -2.42. The van der Waals surface area contributed by atoms with Crippen LogP contribution in [0, 0.1) is 12.8 Å². The van der Waals surface area contributed by atoms with Crippen LogP contribution in [-0.4, -0.2) is 48.2 Å². The van der Waals surface area contributed by atoms with Gasteiger partial charge in [-0.25, -0.2) is 8.42 Å². The predicted octanol–water partition coefficient (Wildman–Crippen LogP) is 1.18. The number of carbonyl (C=O) groups excluding carboxylic acids is 1. The lowest BCUT2D eigenvalue weighted by Gasteiger charge is -2.30. The van der Waals surface area contributed by atoms with Gasteiger partial charge < -0.3 is 4.74 Å². The number of nitrogens with zero attached hydrogens (tertiary/aromatic N) is 3. The molecule has 0 aromatic carbocycles. The van der Waals surface area contributed by atoms with Crippen molar-refractivity contribution in [3.8, 4) is 0 Å². The maximum absolute atomic E-state index is 12.8. The van der Waals surface area contributed by atoms with E-state index < -0.39 is 10.0 Å². The van der Waals surface area contributed by atoms with Gasteiger partial charge in [0, 0.05) is 19.6 Å². The normalized spacial score (nSPS) is 20.0. The van der Waals surface area contributed by atoms with Gasteiger partial charge in [0.05, 0.1) is 24.4 Å². The zero-order chi connectivity index (χ0) is 16.3. The first-order chi connectivity index (χ1) is 10.4. The molecule has 1 saturated heterocycles. The molecule has 1 aliphatic rings. The van der Waals surface area contributed by atoms with Crippen molar-refractivity contribution in [2.45, 2.75) is 45.1 Å². The van der Waals surface area contributed by atoms with E-state index >= 15 is 0 Å². The number of sulfonamides is 1. The van der Waals surface area contributed by atoms with E-state index in [0.717, 1.165) is 0 Å². The lowest BCUT2D eigenvalue weighted by atomic mass is 10.0. The van der Waals surface area contributed by atoms with Gasteiger partial charge in [-0.3, -0.25) is 9.48 Å². The third kappa shape index (κ3) is 3.17. The average molecular weight is 329 g/mol. The van der Waals surface area contributed by atoms with Gasteiger partial charge in [-0.05, 0) is 33.6 Å². The van der Waals surface area contributed by atoms with Gasteiger partial charge in [-0.1, -0.05) is 0 Å². The van der Waals surface area contributed by atoms with Crippen LogP contribution in [0.15, 0.2) is 11.1 Å². The first kappa shape index (κ1) is 17.0. The van der Waals surface area contributed by atoms with Crippen molar-refractivity contribution in [1.82, 2.24) is 14.1 Å². The maximum atomic E-state index is 12.8. The fourth-order valence-electron chi connectivity index (χ4n) is 2.75. The minimum Gasteiger partial charge on any atom is -0.466 e. The summed E-state index contributed by atoms with van der Waals surface area (Å²) in [5.41, 5.74) is 0.626. The van der Waals surface area contributed by atoms with E-state index in [1.807, 2.05) is 6.92 Å². The summed E-state index contributed by atoms with van der Waals surface area (Å²) in [4.78, 5) is 12.1. The van der Waals surface area contributed by atoms with Crippen molar-refractivity contribution in [3.63, 3.8) is 0 Å². The molecule has 0 saturated carbocycles. The number of aryl methyl sites for hydroxylation is 1. The standard InChI is InChI=1S/C14H23N3O4S/c1-4-17-11(3)13(9-15-17)22(19,20)16-8-6-7-12(10-16)14(18)21-5-2/h9,12H,4-8,10H2,1-3H3/t12-/m1/s1. The molecule has 7 nitrogen and oxygen atoms in total. The maximum Gasteiger partial charge on any atom is 0.310 e. The highest BCUT2D eigenvalue weighted by atomic mass is 32.2. The number of piperidine rings is 1. The van der Waals surface area contributed by atoms with Gasteiger partial charge in [0.25, 0.3) is 0 Å². The number of esters is 1. The predicted molar refractivity (Wildman–Crippen MR) is 80.8 cm³/mol. The smallest absolute Gasteiger partial charge is 0.310 e. The van der Waals surface area contributed by atoms with Crippen LogP contribution < -0.4 is 0 Å². The van der Waals surface area contributed by atoms with Crippen LogP contribution in [0.25, 0.3) is 0 Å². The molecule has 0 amide bonds. The minimum atomic E-state index is -3.62. The van der Waals surface area contributed by atoms with Gasteiger partial charge in [-0.2, -0.15) is 9.40 Å². The van der Waals surface area contributed by atoms with Gasteiger partial charge in [-0.15, -0.1) is 0 Å². The molecule has 1 atom stereocenters. The van der Waals surface area contributed by atoms with E-state index in [1.54, 1.807) is 18.5 Å². The molecule has 2 heterocycles. The Morgan fingerprint density at radius 2 is 2.18 bits per heavy atom. The fourth-order valence-corrected chi connectivity index (χ4v) is 4.44. The van der Waals surface area contributed by atoms with Gasteiger partial charge in [0.2, 0.25) is 10.0 Å². The molecule has 8 heteroatoms. The van der Waals surface area contributed by atoms with Gasteiger partial charge in [0.15, 0.2) is 0 Å². The Labute approximate surface area is 131 Å². The van der Waals surface area contributed by atoms with Crippen LogP contribution in [-0.2, 0) is 26.1 Å². The minimum absolute atomic E-state index is 0.178. The summed E-state index contributed by atoms with van der Waals surface area (Å²) in [5.74, 6) is -0.701. The number of aromatic nitrogens is 2. The van der Waals surface area contributed by atoms with Gasteiger partial charge >= 0.3 is 5.97 Å².